The van der Waals surface area contributed by atoms with Crippen LogP contribution >= 0.6 is 24.0 Å². The van der Waals surface area contributed by atoms with Crippen molar-refractivity contribution in [2.24, 2.45) is 5.73 Å². The third-order valence-corrected chi connectivity index (χ3v) is 2.85. The van der Waals surface area contributed by atoms with E-state index < -0.39 is 23.9 Å². The zero-order chi connectivity index (χ0) is 13.9. The van der Waals surface area contributed by atoms with E-state index in [9.17, 15) is 18.3 Å². The molecule has 1 rings (SSSR count). The molecule has 0 aliphatic heterocycles. The SMILES string of the molecule is CCC[C@@H](O)[C@@H](N)c1cc(Cl)cc(C(F)(F)F)c1.Cl. The Morgan fingerprint density at radius 2 is 1.89 bits per heavy atom. The minimum Gasteiger partial charge on any atom is -0.391 e. The van der Waals surface area contributed by atoms with Crippen molar-refractivity contribution in [2.45, 2.75) is 38.1 Å². The van der Waals surface area contributed by atoms with E-state index in [0.717, 1.165) is 12.1 Å². The fourth-order valence-corrected chi connectivity index (χ4v) is 1.91. The summed E-state index contributed by atoms with van der Waals surface area (Å²) in [5, 5.41) is 9.66. The minimum atomic E-state index is -4.48. The smallest absolute Gasteiger partial charge is 0.391 e. The van der Waals surface area contributed by atoms with E-state index in [0.29, 0.717) is 12.8 Å². The number of nitrogens with two attached hydrogens (primary N) is 1. The molecule has 0 unspecified atom stereocenters. The van der Waals surface area contributed by atoms with Gasteiger partial charge in [-0.3, -0.25) is 0 Å². The van der Waals surface area contributed by atoms with Crippen LogP contribution in [0.4, 0.5) is 13.2 Å². The molecule has 0 saturated carbocycles. The first-order valence-electron chi connectivity index (χ1n) is 5.57. The minimum absolute atomic E-state index is 0. The molecule has 110 valence electrons. The van der Waals surface area contributed by atoms with Gasteiger partial charge in [0.25, 0.3) is 0 Å². The Balaban J connectivity index is 0.00000324. The van der Waals surface area contributed by atoms with E-state index in [1.54, 1.807) is 0 Å². The van der Waals surface area contributed by atoms with Crippen LogP contribution in [0.5, 0.6) is 0 Å². The summed E-state index contributed by atoms with van der Waals surface area (Å²) < 4.78 is 37.8. The van der Waals surface area contributed by atoms with E-state index in [1.807, 2.05) is 6.92 Å². The quantitative estimate of drug-likeness (QED) is 0.883. The van der Waals surface area contributed by atoms with Gasteiger partial charge in [0.15, 0.2) is 0 Å². The maximum Gasteiger partial charge on any atom is 0.416 e. The molecular formula is C12H16Cl2F3NO. The van der Waals surface area contributed by atoms with Crippen molar-refractivity contribution in [1.82, 2.24) is 0 Å². The first-order chi connectivity index (χ1) is 8.25. The fourth-order valence-electron chi connectivity index (χ4n) is 1.67. The van der Waals surface area contributed by atoms with Crippen LogP contribution in [-0.2, 0) is 6.18 Å². The standard InChI is InChI=1S/C12H15ClF3NO.ClH/c1-2-3-10(18)11(17)7-4-8(12(14,15)16)6-9(13)5-7;/h4-6,10-11,18H,2-3,17H2,1H3;1H/t10-,11+;/m1./s1. The highest BCUT2D eigenvalue weighted by atomic mass is 35.5. The maximum atomic E-state index is 12.6. The van der Waals surface area contributed by atoms with Gasteiger partial charge in [-0.1, -0.05) is 24.9 Å². The fraction of sp³-hybridized carbons (Fsp3) is 0.500. The molecule has 2 nitrogen and oxygen atoms in total. The van der Waals surface area contributed by atoms with Crippen LogP contribution in [0.2, 0.25) is 5.02 Å². The number of rotatable bonds is 4. The van der Waals surface area contributed by atoms with Gasteiger partial charge in [-0.25, -0.2) is 0 Å². The lowest BCUT2D eigenvalue weighted by Gasteiger charge is -2.20. The third kappa shape index (κ3) is 5.18. The molecule has 0 saturated heterocycles. The predicted octanol–water partition coefficient (Wildman–Crippen LogP) is 3.94. The maximum absolute atomic E-state index is 12.6. The Kier molecular flexibility index (Phi) is 7.15. The summed E-state index contributed by atoms with van der Waals surface area (Å²) in [4.78, 5) is 0. The van der Waals surface area contributed by atoms with Crippen molar-refractivity contribution in [2.75, 3.05) is 0 Å². The van der Waals surface area contributed by atoms with Gasteiger partial charge in [0.1, 0.15) is 0 Å². The van der Waals surface area contributed by atoms with Gasteiger partial charge in [0.05, 0.1) is 17.7 Å². The monoisotopic (exact) mass is 317 g/mol. The zero-order valence-corrected chi connectivity index (χ0v) is 11.8. The second kappa shape index (κ2) is 7.33. The molecule has 7 heteroatoms. The number of benzene rings is 1. The largest absolute Gasteiger partial charge is 0.416 e. The summed E-state index contributed by atoms with van der Waals surface area (Å²) in [6, 6.07) is 2.24. The molecular weight excluding hydrogens is 302 g/mol. The second-order valence-electron chi connectivity index (χ2n) is 4.15. The average Bonchev–Trinajstić information content (AvgIpc) is 2.26. The summed E-state index contributed by atoms with van der Waals surface area (Å²) in [5.74, 6) is 0. The molecule has 0 spiro atoms. The zero-order valence-electron chi connectivity index (χ0n) is 10.2. The lowest BCUT2D eigenvalue weighted by molar-refractivity contribution is -0.137. The first-order valence-corrected chi connectivity index (χ1v) is 5.94. The molecule has 0 bridgehead atoms. The number of hydrogen-bond acceptors (Lipinski definition) is 2. The molecule has 0 aliphatic carbocycles. The van der Waals surface area contributed by atoms with Crippen molar-refractivity contribution in [3.8, 4) is 0 Å². The molecule has 0 heterocycles. The van der Waals surface area contributed by atoms with Crippen molar-refractivity contribution < 1.29 is 18.3 Å². The second-order valence-corrected chi connectivity index (χ2v) is 4.59. The highest BCUT2D eigenvalue weighted by Gasteiger charge is 2.32. The number of alkyl halides is 3. The molecule has 0 radical (unpaired) electrons. The number of aliphatic hydroxyl groups excluding tert-OH is 1. The van der Waals surface area contributed by atoms with E-state index >= 15 is 0 Å². The molecule has 1 aromatic rings. The summed E-state index contributed by atoms with van der Waals surface area (Å²) >= 11 is 5.64. The van der Waals surface area contributed by atoms with E-state index in [-0.39, 0.29) is 23.0 Å². The van der Waals surface area contributed by atoms with Gasteiger partial charge < -0.3 is 10.8 Å². The van der Waals surface area contributed by atoms with Gasteiger partial charge in [-0.05, 0) is 30.2 Å². The van der Waals surface area contributed by atoms with Crippen LogP contribution in [0.3, 0.4) is 0 Å². The Morgan fingerprint density at radius 1 is 1.32 bits per heavy atom. The van der Waals surface area contributed by atoms with Gasteiger partial charge in [-0.15, -0.1) is 12.4 Å². The van der Waals surface area contributed by atoms with Crippen LogP contribution in [0.15, 0.2) is 18.2 Å². The summed E-state index contributed by atoms with van der Waals surface area (Å²) in [7, 11) is 0. The van der Waals surface area contributed by atoms with Crippen LogP contribution in [0, 0.1) is 0 Å². The number of hydrogen-bond donors (Lipinski definition) is 2. The predicted molar refractivity (Wildman–Crippen MR) is 71.5 cm³/mol. The lowest BCUT2D eigenvalue weighted by Crippen LogP contribution is -2.26. The van der Waals surface area contributed by atoms with Gasteiger partial charge in [0, 0.05) is 5.02 Å². The molecule has 2 atom stereocenters. The molecule has 0 aliphatic rings. The Hall–Kier alpha value is -0.490. The van der Waals surface area contributed by atoms with Crippen LogP contribution in [0.25, 0.3) is 0 Å². The highest BCUT2D eigenvalue weighted by molar-refractivity contribution is 6.30. The van der Waals surface area contributed by atoms with Crippen molar-refractivity contribution in [1.29, 1.82) is 0 Å². The van der Waals surface area contributed by atoms with Crippen LogP contribution in [0.1, 0.15) is 36.9 Å². The molecule has 19 heavy (non-hydrogen) atoms. The van der Waals surface area contributed by atoms with E-state index in [2.05, 4.69) is 0 Å². The van der Waals surface area contributed by atoms with Gasteiger partial charge in [-0.2, -0.15) is 13.2 Å². The highest BCUT2D eigenvalue weighted by Crippen LogP contribution is 2.33. The molecule has 1 aromatic carbocycles. The molecule has 0 aromatic heterocycles. The normalized spacial score (nSPS) is 14.7. The third-order valence-electron chi connectivity index (χ3n) is 2.63. The molecule has 0 fully saturated rings. The Labute approximate surface area is 121 Å². The van der Waals surface area contributed by atoms with Gasteiger partial charge in [0.2, 0.25) is 0 Å². The average molecular weight is 318 g/mol. The number of aliphatic hydroxyl groups is 1. The van der Waals surface area contributed by atoms with Crippen molar-refractivity contribution in [3.05, 3.63) is 34.3 Å². The Morgan fingerprint density at radius 3 is 2.37 bits per heavy atom. The number of halogens is 5. The summed E-state index contributed by atoms with van der Waals surface area (Å²) in [6.45, 7) is 1.86. The van der Waals surface area contributed by atoms with Crippen LogP contribution in [-0.4, -0.2) is 11.2 Å². The summed E-state index contributed by atoms with van der Waals surface area (Å²) in [6.07, 6.45) is -4.24. The topological polar surface area (TPSA) is 46.2 Å². The van der Waals surface area contributed by atoms with Crippen molar-refractivity contribution in [3.63, 3.8) is 0 Å². The molecule has 0 amide bonds. The van der Waals surface area contributed by atoms with E-state index in [4.69, 9.17) is 17.3 Å². The van der Waals surface area contributed by atoms with E-state index in [1.165, 1.54) is 6.07 Å². The van der Waals surface area contributed by atoms with Crippen LogP contribution < -0.4 is 5.73 Å². The van der Waals surface area contributed by atoms with Gasteiger partial charge >= 0.3 is 6.18 Å². The first kappa shape index (κ1) is 18.5. The summed E-state index contributed by atoms with van der Waals surface area (Å²) in [5.41, 5.74) is 5.06. The van der Waals surface area contributed by atoms with Crippen molar-refractivity contribution >= 4 is 24.0 Å². The Bertz CT molecular complexity index is 412. The molecule has 3 N–H and O–H groups in total. The lowest BCUT2D eigenvalue weighted by atomic mass is 9.97.